The number of hydrogen-bond donors (Lipinski definition) is 1. The molecule has 0 bridgehead atoms. The number of nitrogens with zero attached hydrogens (tertiary/aromatic N) is 5. The van der Waals surface area contributed by atoms with E-state index in [1.54, 1.807) is 28.8 Å². The van der Waals surface area contributed by atoms with E-state index in [-0.39, 0.29) is 61.9 Å². The Labute approximate surface area is 194 Å². The Kier molecular flexibility index (Phi) is 6.41. The molecular formula is C23H25ClFN5O3. The van der Waals surface area contributed by atoms with Crippen LogP contribution in [0.25, 0.3) is 11.2 Å². The van der Waals surface area contributed by atoms with Crippen molar-refractivity contribution in [2.75, 3.05) is 6.61 Å². The van der Waals surface area contributed by atoms with E-state index < -0.39 is 16.9 Å². The number of aryl methyl sites for hydroxylation is 1. The van der Waals surface area contributed by atoms with Crippen LogP contribution in [0, 0.1) is 17.2 Å². The minimum atomic E-state index is -1.82. The van der Waals surface area contributed by atoms with Gasteiger partial charge in [-0.15, -0.1) is 0 Å². The summed E-state index contributed by atoms with van der Waals surface area (Å²) in [6, 6.07) is 9.23. The minimum absolute atomic E-state index is 0.0457. The molecule has 1 N–H and O–H groups in total. The highest BCUT2D eigenvalue weighted by Crippen LogP contribution is 2.43. The molecule has 0 amide bonds. The molecule has 4 rings (SSSR count). The van der Waals surface area contributed by atoms with Crippen LogP contribution in [0.5, 0.6) is 0 Å². The summed E-state index contributed by atoms with van der Waals surface area (Å²) < 4.78 is 20.2. The standard InChI is InChI=1S/C23H25ClFN5O3/c1-28-19-18(20(32)29(22(28)33)11-2-12-31)30(14-16-3-5-17(24)6-4-16)21(27-19)23(25)9-7-15(13-26)8-10-23/h3-6,15,31H,2,7-12,14H2,1H3. The Hall–Kier alpha value is -2.96. The maximum atomic E-state index is 16.3. The fourth-order valence-corrected chi connectivity index (χ4v) is 4.62. The molecule has 0 atom stereocenters. The zero-order chi connectivity index (χ0) is 23.8. The predicted molar refractivity (Wildman–Crippen MR) is 122 cm³/mol. The van der Waals surface area contributed by atoms with Crippen LogP contribution in [0.1, 0.15) is 43.5 Å². The van der Waals surface area contributed by atoms with Gasteiger partial charge in [0.25, 0.3) is 5.56 Å². The van der Waals surface area contributed by atoms with Crippen LogP contribution in [0.4, 0.5) is 4.39 Å². The molecule has 33 heavy (non-hydrogen) atoms. The molecule has 8 nitrogen and oxygen atoms in total. The Bertz CT molecular complexity index is 1330. The van der Waals surface area contributed by atoms with Crippen molar-refractivity contribution in [3.8, 4) is 6.07 Å². The van der Waals surface area contributed by atoms with Crippen LogP contribution >= 0.6 is 11.6 Å². The Morgan fingerprint density at radius 3 is 2.52 bits per heavy atom. The van der Waals surface area contributed by atoms with E-state index >= 15 is 4.39 Å². The molecular weight excluding hydrogens is 449 g/mol. The number of alkyl halides is 1. The molecule has 1 fully saturated rings. The summed E-state index contributed by atoms with van der Waals surface area (Å²) in [7, 11) is 1.50. The topological polar surface area (TPSA) is 106 Å². The lowest BCUT2D eigenvalue weighted by Crippen LogP contribution is -2.40. The largest absolute Gasteiger partial charge is 0.396 e. The second kappa shape index (κ2) is 9.12. The van der Waals surface area contributed by atoms with Gasteiger partial charge in [-0.2, -0.15) is 5.26 Å². The molecule has 0 aliphatic heterocycles. The van der Waals surface area contributed by atoms with Gasteiger partial charge >= 0.3 is 5.69 Å². The summed E-state index contributed by atoms with van der Waals surface area (Å²) in [5, 5.41) is 19.0. The average Bonchev–Trinajstić information content (AvgIpc) is 3.20. The highest BCUT2D eigenvalue weighted by atomic mass is 35.5. The molecule has 1 aromatic carbocycles. The fraction of sp³-hybridized carbons (Fsp3) is 0.478. The summed E-state index contributed by atoms with van der Waals surface area (Å²) in [5.41, 5.74) is -1.90. The third-order valence-electron chi connectivity index (χ3n) is 6.39. The zero-order valence-electron chi connectivity index (χ0n) is 18.3. The van der Waals surface area contributed by atoms with Gasteiger partial charge in [0.2, 0.25) is 0 Å². The third kappa shape index (κ3) is 4.21. The molecule has 0 spiro atoms. The highest BCUT2D eigenvalue weighted by Gasteiger charge is 2.42. The number of aromatic nitrogens is 4. The highest BCUT2D eigenvalue weighted by molar-refractivity contribution is 6.30. The van der Waals surface area contributed by atoms with Crippen molar-refractivity contribution in [2.45, 2.75) is 50.9 Å². The summed E-state index contributed by atoms with van der Waals surface area (Å²) in [6.45, 7) is 0.0460. The van der Waals surface area contributed by atoms with E-state index in [4.69, 9.17) is 11.6 Å². The van der Waals surface area contributed by atoms with Gasteiger partial charge in [0.05, 0.1) is 6.07 Å². The lowest BCUT2D eigenvalue weighted by molar-refractivity contribution is 0.0797. The number of benzene rings is 1. The van der Waals surface area contributed by atoms with Gasteiger partial charge in [0, 0.05) is 37.7 Å². The molecule has 1 saturated carbocycles. The fourth-order valence-electron chi connectivity index (χ4n) is 4.49. The van der Waals surface area contributed by atoms with Gasteiger partial charge in [-0.1, -0.05) is 23.7 Å². The number of halogens is 2. The van der Waals surface area contributed by atoms with E-state index in [2.05, 4.69) is 11.1 Å². The minimum Gasteiger partial charge on any atom is -0.396 e. The van der Waals surface area contributed by atoms with Crippen molar-refractivity contribution >= 4 is 22.8 Å². The first-order chi connectivity index (χ1) is 15.8. The maximum absolute atomic E-state index is 16.3. The van der Waals surface area contributed by atoms with E-state index in [0.717, 1.165) is 10.1 Å². The van der Waals surface area contributed by atoms with Crippen LogP contribution in [0.3, 0.4) is 0 Å². The number of aliphatic hydroxyl groups excluding tert-OH is 1. The van der Waals surface area contributed by atoms with Crippen molar-refractivity contribution < 1.29 is 9.50 Å². The Morgan fingerprint density at radius 1 is 1.24 bits per heavy atom. The first-order valence-corrected chi connectivity index (χ1v) is 11.3. The average molecular weight is 474 g/mol. The van der Waals surface area contributed by atoms with Gasteiger partial charge in [-0.25, -0.2) is 14.2 Å². The molecule has 2 heterocycles. The maximum Gasteiger partial charge on any atom is 0.332 e. The first kappa shape index (κ1) is 23.2. The summed E-state index contributed by atoms with van der Waals surface area (Å²) in [6.07, 6.45) is 1.26. The van der Waals surface area contributed by atoms with Gasteiger partial charge < -0.3 is 9.67 Å². The second-order valence-corrected chi connectivity index (χ2v) is 9.00. The van der Waals surface area contributed by atoms with Crippen molar-refractivity contribution in [2.24, 2.45) is 13.0 Å². The quantitative estimate of drug-likeness (QED) is 0.592. The number of aliphatic hydroxyl groups is 1. The molecule has 0 saturated heterocycles. The predicted octanol–water partition coefficient (Wildman–Crippen LogP) is 2.86. The normalized spacial score (nSPS) is 20.8. The summed E-state index contributed by atoms with van der Waals surface area (Å²) in [5.74, 6) is -0.112. The number of fused-ring (bicyclic) bond motifs is 1. The molecule has 3 aromatic rings. The molecule has 10 heteroatoms. The van der Waals surface area contributed by atoms with Crippen molar-refractivity contribution in [3.63, 3.8) is 0 Å². The smallest absolute Gasteiger partial charge is 0.332 e. The van der Waals surface area contributed by atoms with Crippen molar-refractivity contribution in [1.29, 1.82) is 5.26 Å². The van der Waals surface area contributed by atoms with Crippen molar-refractivity contribution in [1.82, 2.24) is 18.7 Å². The van der Waals surface area contributed by atoms with Crippen LogP contribution in [0.2, 0.25) is 5.02 Å². The van der Waals surface area contributed by atoms with E-state index in [1.807, 2.05) is 0 Å². The summed E-state index contributed by atoms with van der Waals surface area (Å²) >= 11 is 6.01. The van der Waals surface area contributed by atoms with E-state index in [0.29, 0.717) is 17.9 Å². The van der Waals surface area contributed by atoms with Gasteiger partial charge in [-0.3, -0.25) is 13.9 Å². The third-order valence-corrected chi connectivity index (χ3v) is 6.64. The zero-order valence-corrected chi connectivity index (χ0v) is 19.1. The Balaban J connectivity index is 1.95. The van der Waals surface area contributed by atoms with E-state index in [1.165, 1.54) is 11.6 Å². The molecule has 0 radical (unpaired) electrons. The van der Waals surface area contributed by atoms with Gasteiger partial charge in [-0.05, 0) is 49.8 Å². The van der Waals surface area contributed by atoms with Gasteiger partial charge in [0.15, 0.2) is 16.8 Å². The monoisotopic (exact) mass is 473 g/mol. The summed E-state index contributed by atoms with van der Waals surface area (Å²) in [4.78, 5) is 30.7. The van der Waals surface area contributed by atoms with E-state index in [9.17, 15) is 20.0 Å². The SMILES string of the molecule is Cn1c(=O)n(CCCO)c(=O)c2c1nc(C1(F)CCC(C#N)CC1)n2Cc1ccc(Cl)cc1. The lowest BCUT2D eigenvalue weighted by Gasteiger charge is -2.31. The second-order valence-electron chi connectivity index (χ2n) is 8.56. The van der Waals surface area contributed by atoms with Crippen LogP contribution in [-0.2, 0) is 25.8 Å². The number of hydrogen-bond acceptors (Lipinski definition) is 5. The van der Waals surface area contributed by atoms with Gasteiger partial charge in [0.1, 0.15) is 5.82 Å². The molecule has 174 valence electrons. The number of rotatable bonds is 6. The van der Waals surface area contributed by atoms with Crippen LogP contribution in [0.15, 0.2) is 33.9 Å². The number of nitriles is 1. The Morgan fingerprint density at radius 2 is 1.91 bits per heavy atom. The molecule has 1 aliphatic carbocycles. The molecule has 2 aromatic heterocycles. The molecule has 0 unspecified atom stereocenters. The number of imidazole rings is 1. The van der Waals surface area contributed by atoms with Crippen LogP contribution in [-0.4, -0.2) is 30.4 Å². The van der Waals surface area contributed by atoms with Crippen LogP contribution < -0.4 is 11.2 Å². The first-order valence-electron chi connectivity index (χ1n) is 10.9. The lowest BCUT2D eigenvalue weighted by atomic mass is 9.80. The van der Waals surface area contributed by atoms with Crippen molar-refractivity contribution in [3.05, 3.63) is 61.5 Å². The molecule has 1 aliphatic rings.